The first-order chi connectivity index (χ1) is 30.6. The number of nitrogens with zero attached hydrogens (tertiary/aromatic N) is 1. The first kappa shape index (κ1) is 40.4. The van der Waals surface area contributed by atoms with Crippen LogP contribution in [0, 0.1) is 23.7 Å². The average Bonchev–Trinajstić information content (AvgIpc) is 3.28. The number of hydrogen-bond donors (Lipinski definition) is 0. The van der Waals surface area contributed by atoms with Gasteiger partial charge < -0.3 is 9.64 Å². The van der Waals surface area contributed by atoms with Gasteiger partial charge >= 0.3 is 0 Å². The molecule has 0 N–H and O–H groups in total. The zero-order valence-corrected chi connectivity index (χ0v) is 39.7. The predicted molar refractivity (Wildman–Crippen MR) is 267 cm³/mol. The van der Waals surface area contributed by atoms with Crippen LogP contribution in [0.15, 0.2) is 127 Å². The van der Waals surface area contributed by atoms with E-state index in [2.05, 4.69) is 188 Å². The van der Waals surface area contributed by atoms with Crippen molar-refractivity contribution in [3.8, 4) is 33.8 Å². The van der Waals surface area contributed by atoms with Gasteiger partial charge in [0, 0.05) is 33.6 Å². The molecule has 7 aliphatic rings. The first-order valence-corrected chi connectivity index (χ1v) is 24.8. The minimum atomic E-state index is -0.0173. The van der Waals surface area contributed by atoms with Gasteiger partial charge in [-0.15, -0.1) is 0 Å². The van der Waals surface area contributed by atoms with E-state index in [1.165, 1.54) is 130 Å². The largest absolute Gasteiger partial charge is 0.457 e. The molecule has 0 amide bonds. The number of anilines is 3. The third-order valence-electron chi connectivity index (χ3n) is 18.3. The lowest BCUT2D eigenvalue weighted by Crippen LogP contribution is -2.57. The van der Waals surface area contributed by atoms with E-state index in [0.29, 0.717) is 11.8 Å². The molecular formula is C62H67NO. The minimum Gasteiger partial charge on any atom is -0.457 e. The van der Waals surface area contributed by atoms with E-state index in [0.717, 1.165) is 23.3 Å². The topological polar surface area (TPSA) is 12.5 Å². The van der Waals surface area contributed by atoms with Gasteiger partial charge in [-0.2, -0.15) is 0 Å². The normalized spacial score (nSPS) is 26.9. The molecule has 6 aromatic rings. The van der Waals surface area contributed by atoms with Gasteiger partial charge in [-0.25, -0.2) is 0 Å². The summed E-state index contributed by atoms with van der Waals surface area (Å²) in [7, 11) is 0. The number of ether oxygens (including phenoxy) is 1. The van der Waals surface area contributed by atoms with E-state index in [-0.39, 0.29) is 27.1 Å². The molecule has 0 aromatic heterocycles. The van der Waals surface area contributed by atoms with Crippen molar-refractivity contribution in [1.82, 2.24) is 0 Å². The molecule has 326 valence electrons. The van der Waals surface area contributed by atoms with Crippen molar-refractivity contribution in [3.05, 3.63) is 161 Å². The fraction of sp³-hybridized carbons (Fsp3) is 0.419. The number of benzene rings is 6. The molecule has 6 aliphatic carbocycles. The minimum absolute atomic E-state index is 0.0173. The lowest BCUT2D eigenvalue weighted by molar-refractivity contribution is -0.0452. The van der Waals surface area contributed by atoms with Crippen LogP contribution in [0.2, 0.25) is 0 Å². The monoisotopic (exact) mass is 842 g/mol. The van der Waals surface area contributed by atoms with Crippen molar-refractivity contribution in [2.45, 2.75) is 140 Å². The number of hydrogen-bond acceptors (Lipinski definition) is 2. The van der Waals surface area contributed by atoms with Gasteiger partial charge in [-0.3, -0.25) is 0 Å². The van der Waals surface area contributed by atoms with Crippen molar-refractivity contribution in [2.75, 3.05) is 4.90 Å². The SMILES string of the molecule is CC1(C)CCC(C)(C)c2cc(-c3ccc(N(c4ccc(-c5ccc6c(c5)C(C)(C)CCC6(C)C)cc4)c4ccc5c(c4)C4(c6ccccc6O5)C5CC6CC(C5)CC4C6)cc3)ccc21. The van der Waals surface area contributed by atoms with E-state index < -0.39 is 0 Å². The Labute approximate surface area is 383 Å². The predicted octanol–water partition coefficient (Wildman–Crippen LogP) is 17.0. The molecule has 6 aromatic carbocycles. The van der Waals surface area contributed by atoms with Crippen molar-refractivity contribution in [3.63, 3.8) is 0 Å². The molecule has 13 rings (SSSR count). The smallest absolute Gasteiger partial charge is 0.131 e. The molecule has 1 aliphatic heterocycles. The van der Waals surface area contributed by atoms with E-state index >= 15 is 0 Å². The average molecular weight is 842 g/mol. The summed E-state index contributed by atoms with van der Waals surface area (Å²) >= 11 is 0. The Hall–Kier alpha value is -5.08. The van der Waals surface area contributed by atoms with Crippen LogP contribution >= 0.6 is 0 Å². The standard InChI is InChI=1S/C62H67NO/c1-58(2)27-29-60(5,6)53-36-43(17-24-50(53)58)41-13-19-47(20-14-41)63(48-21-15-42(16-22-48)44-18-25-51-54(37-44)61(7,8)30-28-59(51,3)4)49-23-26-57-55(38-49)62(52-11-9-10-12-56(52)64-57)45-32-39-31-40(34-45)35-46(62)33-39/h9-26,36-40,45-46H,27-35H2,1-8H3. The number of rotatable bonds is 5. The summed E-state index contributed by atoms with van der Waals surface area (Å²) in [5, 5.41) is 0. The van der Waals surface area contributed by atoms with Crippen LogP contribution in [0.3, 0.4) is 0 Å². The van der Waals surface area contributed by atoms with Gasteiger partial charge in [0.05, 0.1) is 0 Å². The summed E-state index contributed by atoms with van der Waals surface area (Å²) < 4.78 is 6.90. The molecule has 4 bridgehead atoms. The highest BCUT2D eigenvalue weighted by atomic mass is 16.5. The van der Waals surface area contributed by atoms with Crippen LogP contribution in [0.25, 0.3) is 22.3 Å². The van der Waals surface area contributed by atoms with Crippen molar-refractivity contribution >= 4 is 17.1 Å². The molecule has 0 unspecified atom stereocenters. The lowest BCUT2D eigenvalue weighted by atomic mass is 9.42. The second-order valence-electron chi connectivity index (χ2n) is 23.9. The summed E-state index contributed by atoms with van der Waals surface area (Å²) in [6.07, 6.45) is 11.7. The Bertz CT molecular complexity index is 2670. The zero-order valence-electron chi connectivity index (χ0n) is 39.7. The lowest BCUT2D eigenvalue weighted by Gasteiger charge is -2.63. The summed E-state index contributed by atoms with van der Waals surface area (Å²) in [6, 6.07) is 49.6. The Morgan fingerprint density at radius 3 is 1.30 bits per heavy atom. The zero-order chi connectivity index (χ0) is 44.0. The van der Waals surface area contributed by atoms with Gasteiger partial charge in [-0.1, -0.05) is 134 Å². The maximum Gasteiger partial charge on any atom is 0.131 e. The van der Waals surface area contributed by atoms with Gasteiger partial charge in [0.2, 0.25) is 0 Å². The highest BCUT2D eigenvalue weighted by Crippen LogP contribution is 2.69. The Kier molecular flexibility index (Phi) is 8.82. The number of para-hydroxylation sites is 1. The third-order valence-corrected chi connectivity index (χ3v) is 18.3. The maximum atomic E-state index is 6.90. The van der Waals surface area contributed by atoms with Crippen LogP contribution in [0.4, 0.5) is 17.1 Å². The molecule has 4 fully saturated rings. The molecule has 0 atom stereocenters. The first-order valence-electron chi connectivity index (χ1n) is 24.8. The van der Waals surface area contributed by atoms with Crippen LogP contribution in [-0.2, 0) is 27.1 Å². The highest BCUT2D eigenvalue weighted by molar-refractivity contribution is 5.82. The van der Waals surface area contributed by atoms with E-state index in [4.69, 9.17) is 4.74 Å². The van der Waals surface area contributed by atoms with Crippen LogP contribution in [0.5, 0.6) is 11.5 Å². The van der Waals surface area contributed by atoms with Crippen LogP contribution in [0.1, 0.15) is 147 Å². The number of fused-ring (bicyclic) bond motifs is 4. The van der Waals surface area contributed by atoms with Crippen molar-refractivity contribution in [2.24, 2.45) is 23.7 Å². The van der Waals surface area contributed by atoms with E-state index in [1.54, 1.807) is 0 Å². The molecule has 64 heavy (non-hydrogen) atoms. The van der Waals surface area contributed by atoms with Crippen molar-refractivity contribution in [1.29, 1.82) is 0 Å². The molecule has 4 saturated carbocycles. The van der Waals surface area contributed by atoms with Gasteiger partial charge in [-0.05, 0) is 196 Å². The second-order valence-corrected chi connectivity index (χ2v) is 23.9. The molecule has 2 heteroatoms. The molecule has 1 heterocycles. The molecule has 0 radical (unpaired) electrons. The van der Waals surface area contributed by atoms with Crippen LogP contribution in [-0.4, -0.2) is 0 Å². The summed E-state index contributed by atoms with van der Waals surface area (Å²) in [5.41, 5.74) is 18.3. The fourth-order valence-electron chi connectivity index (χ4n) is 14.6. The molecule has 1 spiro atoms. The molecule has 0 saturated heterocycles. The van der Waals surface area contributed by atoms with E-state index in [9.17, 15) is 0 Å². The maximum absolute atomic E-state index is 6.90. The fourth-order valence-corrected chi connectivity index (χ4v) is 14.6. The second kappa shape index (κ2) is 14.0. The Balaban J connectivity index is 0.975. The summed E-state index contributed by atoms with van der Waals surface area (Å²) in [6.45, 7) is 19.4. The quantitative estimate of drug-likeness (QED) is 0.171. The molecule has 2 nitrogen and oxygen atoms in total. The van der Waals surface area contributed by atoms with Gasteiger partial charge in [0.25, 0.3) is 0 Å². The van der Waals surface area contributed by atoms with E-state index in [1.807, 2.05) is 0 Å². The molecular weight excluding hydrogens is 775 g/mol. The Morgan fingerprint density at radius 2 is 0.797 bits per heavy atom. The highest BCUT2D eigenvalue weighted by Gasteiger charge is 2.61. The van der Waals surface area contributed by atoms with Crippen molar-refractivity contribution < 1.29 is 4.74 Å². The summed E-state index contributed by atoms with van der Waals surface area (Å²) in [4.78, 5) is 2.51. The van der Waals surface area contributed by atoms with Crippen LogP contribution < -0.4 is 9.64 Å². The Morgan fingerprint density at radius 1 is 0.375 bits per heavy atom. The van der Waals surface area contributed by atoms with Gasteiger partial charge in [0.1, 0.15) is 11.5 Å². The summed E-state index contributed by atoms with van der Waals surface area (Å²) in [5.74, 6) is 5.18. The van der Waals surface area contributed by atoms with Gasteiger partial charge in [0.15, 0.2) is 0 Å². The third kappa shape index (κ3) is 6.09.